The molecule has 0 saturated carbocycles. The zero-order chi connectivity index (χ0) is 9.00. The minimum absolute atomic E-state index is 0. The molecule has 76 valence electrons. The minimum Gasteiger partial charge on any atom is -0.829 e. The van der Waals surface area contributed by atoms with E-state index >= 15 is 0 Å². The van der Waals surface area contributed by atoms with Crippen molar-refractivity contribution in [1.82, 2.24) is 0 Å². The molecule has 0 radical (unpaired) electrons. The van der Waals surface area contributed by atoms with Crippen molar-refractivity contribution in [2.75, 3.05) is 0 Å². The van der Waals surface area contributed by atoms with Crippen molar-refractivity contribution in [3.63, 3.8) is 0 Å². The van der Waals surface area contributed by atoms with Crippen molar-refractivity contribution in [3.8, 4) is 0 Å². The van der Waals surface area contributed by atoms with Gasteiger partial charge in [-0.2, -0.15) is 0 Å². The summed E-state index contributed by atoms with van der Waals surface area (Å²) >= 11 is 6.54. The Balaban J connectivity index is -0.0000000457. The Kier molecular flexibility index (Phi) is 18.9. The summed E-state index contributed by atoms with van der Waals surface area (Å²) in [5, 5.41) is 0. The Hall–Kier alpha value is 2.01. The normalized spacial score (nSPS) is 9.83. The van der Waals surface area contributed by atoms with Crippen LogP contribution in [-0.2, 0) is 67.2 Å². The second kappa shape index (κ2) is 9.56. The fourth-order valence-corrected chi connectivity index (χ4v) is 0. The van der Waals surface area contributed by atoms with Crippen LogP contribution in [0.2, 0.25) is 0 Å². The van der Waals surface area contributed by atoms with Crippen molar-refractivity contribution in [2.24, 2.45) is 0 Å². The SMILES string of the molecule is O=P([O-])([O-])[S-].O=P([O-])([O-])[S-].[Co+3].[Co+3]. The maximum Gasteiger partial charge on any atom is 3.00 e. The van der Waals surface area contributed by atoms with Crippen molar-refractivity contribution in [3.05, 3.63) is 0 Å². The summed E-state index contributed by atoms with van der Waals surface area (Å²) < 4.78 is 17.8. The Labute approximate surface area is 99.9 Å². The second-order valence-corrected chi connectivity index (χ2v) is 5.37. The zero-order valence-electron chi connectivity index (χ0n) is 4.83. The third-order valence-electron chi connectivity index (χ3n) is 0. The topological polar surface area (TPSA) is 126 Å². The molecule has 0 amide bonds. The second-order valence-electron chi connectivity index (χ2n) is 0.894. The average molecular weight is 340 g/mol. The predicted molar refractivity (Wildman–Crippen MR) is 29.9 cm³/mol. The van der Waals surface area contributed by atoms with Crippen LogP contribution in [0.15, 0.2) is 0 Å². The zero-order valence-corrected chi connectivity index (χ0v) is 10.3. The van der Waals surface area contributed by atoms with Gasteiger partial charge in [-0.25, -0.2) is 13.6 Å². The van der Waals surface area contributed by atoms with Crippen molar-refractivity contribution in [2.45, 2.75) is 0 Å². The summed E-state index contributed by atoms with van der Waals surface area (Å²) in [6, 6.07) is 0. The van der Waals surface area contributed by atoms with Gasteiger partial charge in [-0.05, 0) is 0 Å². The molecule has 0 atom stereocenters. The molecule has 0 saturated heterocycles. The predicted octanol–water partition coefficient (Wildman–Crippen LogP) is -3.28. The van der Waals surface area contributed by atoms with Crippen molar-refractivity contribution < 1.29 is 62.3 Å². The maximum atomic E-state index is 8.92. The third kappa shape index (κ3) is 360. The summed E-state index contributed by atoms with van der Waals surface area (Å²) in [6.07, 6.45) is 0. The van der Waals surface area contributed by atoms with Crippen LogP contribution in [0.25, 0.3) is 0 Å². The van der Waals surface area contributed by atoms with E-state index < -0.39 is 13.6 Å². The number of rotatable bonds is 0. The molecule has 0 spiro atoms. The summed E-state index contributed by atoms with van der Waals surface area (Å²) in [7, 11) is 0. The van der Waals surface area contributed by atoms with E-state index in [1.807, 2.05) is 0 Å². The molecule has 0 bridgehead atoms. The first-order valence-corrected chi connectivity index (χ1v) is 6.57. The van der Waals surface area contributed by atoms with E-state index in [-0.39, 0.29) is 33.6 Å². The molecular formula is Co2O6P2S2. The van der Waals surface area contributed by atoms with Crippen LogP contribution in [0.5, 0.6) is 0 Å². The van der Waals surface area contributed by atoms with E-state index in [1.165, 1.54) is 0 Å². The quantitative estimate of drug-likeness (QED) is 0.332. The summed E-state index contributed by atoms with van der Waals surface area (Å²) in [5.41, 5.74) is 0. The van der Waals surface area contributed by atoms with Crippen LogP contribution in [0.1, 0.15) is 0 Å². The molecule has 12 heteroatoms. The van der Waals surface area contributed by atoms with Crippen LogP contribution in [0, 0.1) is 0 Å². The molecule has 12 heavy (non-hydrogen) atoms. The Morgan fingerprint density at radius 3 is 0.750 bits per heavy atom. The maximum absolute atomic E-state index is 8.92. The molecule has 0 aromatic carbocycles. The van der Waals surface area contributed by atoms with E-state index in [0.29, 0.717) is 0 Å². The van der Waals surface area contributed by atoms with Crippen LogP contribution in [0.3, 0.4) is 0 Å². The minimum atomic E-state index is -4.56. The van der Waals surface area contributed by atoms with Crippen molar-refractivity contribution in [1.29, 1.82) is 0 Å². The van der Waals surface area contributed by atoms with Gasteiger partial charge in [0.1, 0.15) is 0 Å². The summed E-state index contributed by atoms with van der Waals surface area (Å²) in [6.45, 7) is -9.11. The van der Waals surface area contributed by atoms with E-state index in [1.54, 1.807) is 0 Å². The largest absolute Gasteiger partial charge is 3.00 e. The van der Waals surface area contributed by atoms with Crippen LogP contribution >= 0.6 is 13.6 Å². The van der Waals surface area contributed by atoms with Gasteiger partial charge in [-0.15, -0.1) is 0 Å². The molecule has 0 aliphatic rings. The van der Waals surface area contributed by atoms with E-state index in [9.17, 15) is 0 Å². The molecule has 0 fully saturated rings. The van der Waals surface area contributed by atoms with Gasteiger partial charge in [0.15, 0.2) is 0 Å². The molecule has 0 aliphatic heterocycles. The molecular weight excluding hydrogens is 340 g/mol. The first-order chi connectivity index (χ1) is 4.00. The molecule has 0 aromatic heterocycles. The Morgan fingerprint density at radius 1 is 0.750 bits per heavy atom. The van der Waals surface area contributed by atoms with E-state index in [2.05, 4.69) is 24.5 Å². The van der Waals surface area contributed by atoms with E-state index in [4.69, 9.17) is 28.7 Å². The number of hydrogen-bond acceptors (Lipinski definition) is 8. The molecule has 0 aliphatic carbocycles. The third-order valence-corrected chi connectivity index (χ3v) is 0. The molecule has 6 nitrogen and oxygen atoms in total. The Bertz CT molecular complexity index is 134. The smallest absolute Gasteiger partial charge is 0.829 e. The van der Waals surface area contributed by atoms with Gasteiger partial charge in [0.2, 0.25) is 0 Å². The van der Waals surface area contributed by atoms with Gasteiger partial charge in [-0.1, -0.05) is 0 Å². The molecule has 0 N–H and O–H groups in total. The number of hydrogen-bond donors (Lipinski definition) is 0. The van der Waals surface area contributed by atoms with Crippen LogP contribution < -0.4 is 19.6 Å². The van der Waals surface area contributed by atoms with Crippen molar-refractivity contribution >= 4 is 38.1 Å². The summed E-state index contributed by atoms with van der Waals surface area (Å²) in [4.78, 5) is 35.7. The van der Waals surface area contributed by atoms with Crippen LogP contribution in [0.4, 0.5) is 0 Å². The molecule has 0 rings (SSSR count). The molecule has 0 unspecified atom stereocenters. The standard InChI is InChI=1S/2Co.2H3O3PS/c;;2*1-4(2,3)5/h;;2*(H3,1,2,3,5)/q2*+3;;/p-6. The van der Waals surface area contributed by atoms with Gasteiger partial charge in [-0.3, -0.25) is 0 Å². The molecule has 0 heterocycles. The average Bonchev–Trinajstić information content (AvgIpc) is 1.12. The van der Waals surface area contributed by atoms with Gasteiger partial charge in [0, 0.05) is 0 Å². The summed E-state index contributed by atoms with van der Waals surface area (Å²) in [5.74, 6) is 0. The monoisotopic (exact) mass is 340 g/mol. The van der Waals surface area contributed by atoms with E-state index in [0.717, 1.165) is 0 Å². The fraction of sp³-hybridized carbons (Fsp3) is 0. The van der Waals surface area contributed by atoms with Gasteiger partial charge >= 0.3 is 33.6 Å². The first-order valence-electron chi connectivity index (χ1n) is 1.46. The molecule has 0 aromatic rings. The van der Waals surface area contributed by atoms with Crippen LogP contribution in [-0.4, -0.2) is 0 Å². The van der Waals surface area contributed by atoms with Gasteiger partial charge in [0.25, 0.3) is 0 Å². The van der Waals surface area contributed by atoms with Gasteiger partial charge < -0.3 is 53.2 Å². The fourth-order valence-electron chi connectivity index (χ4n) is 0. The Morgan fingerprint density at radius 2 is 0.750 bits per heavy atom. The first kappa shape index (κ1) is 23.7. The van der Waals surface area contributed by atoms with Gasteiger partial charge in [0.05, 0.1) is 0 Å².